The smallest absolute Gasteiger partial charge is 0.0896 e. The van der Waals surface area contributed by atoms with Crippen molar-refractivity contribution < 1.29 is 4.74 Å². The summed E-state index contributed by atoms with van der Waals surface area (Å²) in [4.78, 5) is 1.43. The Kier molecular flexibility index (Phi) is 3.48. The number of ether oxygens (including phenoxy) is 1. The maximum absolute atomic E-state index is 6.20. The predicted octanol–water partition coefficient (Wildman–Crippen LogP) is 4.95. The fourth-order valence-corrected chi connectivity index (χ4v) is 4.54. The van der Waals surface area contributed by atoms with Crippen LogP contribution in [0.2, 0.25) is 0 Å². The Morgan fingerprint density at radius 1 is 1.33 bits per heavy atom. The van der Waals surface area contributed by atoms with Gasteiger partial charge in [-0.2, -0.15) is 0 Å². The van der Waals surface area contributed by atoms with Gasteiger partial charge in [-0.3, -0.25) is 0 Å². The highest BCUT2D eigenvalue weighted by atomic mass is 32.1. The van der Waals surface area contributed by atoms with E-state index in [1.54, 1.807) is 0 Å². The molecule has 0 saturated carbocycles. The van der Waals surface area contributed by atoms with Gasteiger partial charge in [0, 0.05) is 28.7 Å². The molecule has 0 amide bonds. The van der Waals surface area contributed by atoms with Crippen LogP contribution in [-0.4, -0.2) is 6.61 Å². The van der Waals surface area contributed by atoms with E-state index >= 15 is 0 Å². The van der Waals surface area contributed by atoms with Crippen molar-refractivity contribution in [1.82, 2.24) is 0 Å². The highest BCUT2D eigenvalue weighted by Crippen LogP contribution is 2.49. The molecule has 0 aliphatic carbocycles. The topological polar surface area (TPSA) is 21.3 Å². The van der Waals surface area contributed by atoms with Gasteiger partial charge in [-0.1, -0.05) is 25.1 Å². The maximum atomic E-state index is 6.20. The van der Waals surface area contributed by atoms with Crippen LogP contribution in [0.4, 0.5) is 5.69 Å². The molecule has 1 fully saturated rings. The molecule has 1 aromatic heterocycles. The van der Waals surface area contributed by atoms with Gasteiger partial charge in [0.1, 0.15) is 0 Å². The largest absolute Gasteiger partial charge is 0.377 e. The van der Waals surface area contributed by atoms with Crippen LogP contribution in [0.1, 0.15) is 47.9 Å². The maximum Gasteiger partial charge on any atom is 0.0896 e. The van der Waals surface area contributed by atoms with Crippen LogP contribution in [0, 0.1) is 5.92 Å². The van der Waals surface area contributed by atoms with Crippen LogP contribution < -0.4 is 5.32 Å². The quantitative estimate of drug-likeness (QED) is 0.847. The number of hydrogen-bond acceptors (Lipinski definition) is 3. The first-order valence-corrected chi connectivity index (χ1v) is 8.79. The Labute approximate surface area is 130 Å². The Hall–Kier alpha value is -1.32. The minimum absolute atomic E-state index is 0.258. The Bertz CT molecular complexity index is 622. The van der Waals surface area contributed by atoms with Crippen molar-refractivity contribution in [2.45, 2.75) is 38.3 Å². The molecule has 3 heteroatoms. The average molecular weight is 299 g/mol. The SMILES string of the molecule is CCc1ccc2c(c1)[C@@H]1OCCC[C@@H]1[C@@H](c1cccs1)N2. The lowest BCUT2D eigenvalue weighted by molar-refractivity contribution is -0.0378. The van der Waals surface area contributed by atoms with Crippen LogP contribution in [0.5, 0.6) is 0 Å². The van der Waals surface area contributed by atoms with E-state index in [1.807, 2.05) is 11.3 Å². The Morgan fingerprint density at radius 3 is 3.10 bits per heavy atom. The minimum atomic E-state index is 0.258. The number of thiophene rings is 1. The van der Waals surface area contributed by atoms with Crippen molar-refractivity contribution in [2.75, 3.05) is 11.9 Å². The second-order valence-electron chi connectivity index (χ2n) is 6.01. The first kappa shape index (κ1) is 13.4. The molecule has 2 nitrogen and oxygen atoms in total. The van der Waals surface area contributed by atoms with E-state index in [4.69, 9.17) is 4.74 Å². The summed E-state index contributed by atoms with van der Waals surface area (Å²) in [5.41, 5.74) is 4.03. The molecule has 0 bridgehead atoms. The van der Waals surface area contributed by atoms with Crippen LogP contribution in [-0.2, 0) is 11.2 Å². The van der Waals surface area contributed by atoms with Crippen molar-refractivity contribution in [1.29, 1.82) is 0 Å². The number of anilines is 1. The Balaban J connectivity index is 1.77. The van der Waals surface area contributed by atoms with Crippen molar-refractivity contribution in [3.8, 4) is 0 Å². The number of aryl methyl sites for hydroxylation is 1. The van der Waals surface area contributed by atoms with Crippen LogP contribution in [0.15, 0.2) is 35.7 Å². The van der Waals surface area contributed by atoms with Gasteiger partial charge >= 0.3 is 0 Å². The van der Waals surface area contributed by atoms with E-state index in [1.165, 1.54) is 34.5 Å². The summed E-state index contributed by atoms with van der Waals surface area (Å²) in [7, 11) is 0. The lowest BCUT2D eigenvalue weighted by Gasteiger charge is -2.43. The summed E-state index contributed by atoms with van der Waals surface area (Å²) in [6, 6.07) is 11.6. The summed E-state index contributed by atoms with van der Waals surface area (Å²) >= 11 is 1.85. The van der Waals surface area contributed by atoms with E-state index < -0.39 is 0 Å². The second kappa shape index (κ2) is 5.47. The van der Waals surface area contributed by atoms with Crippen molar-refractivity contribution in [3.05, 3.63) is 51.7 Å². The highest BCUT2D eigenvalue weighted by molar-refractivity contribution is 7.10. The summed E-state index contributed by atoms with van der Waals surface area (Å²) < 4.78 is 6.20. The van der Waals surface area contributed by atoms with Gasteiger partial charge in [-0.05, 0) is 42.3 Å². The molecule has 110 valence electrons. The molecule has 21 heavy (non-hydrogen) atoms. The molecule has 2 aliphatic rings. The minimum Gasteiger partial charge on any atom is -0.377 e. The number of benzene rings is 1. The molecule has 2 aromatic rings. The Morgan fingerprint density at radius 2 is 2.29 bits per heavy atom. The van der Waals surface area contributed by atoms with Crippen molar-refractivity contribution in [3.63, 3.8) is 0 Å². The third-order valence-corrected chi connectivity index (χ3v) is 5.74. The highest BCUT2D eigenvalue weighted by Gasteiger charge is 2.40. The second-order valence-corrected chi connectivity index (χ2v) is 6.99. The molecule has 1 saturated heterocycles. The third-order valence-electron chi connectivity index (χ3n) is 4.79. The van der Waals surface area contributed by atoms with Gasteiger partial charge in [-0.25, -0.2) is 0 Å². The van der Waals surface area contributed by atoms with Crippen LogP contribution in [0.3, 0.4) is 0 Å². The first-order chi connectivity index (χ1) is 10.4. The molecule has 3 atom stereocenters. The van der Waals surface area contributed by atoms with Crippen LogP contribution in [0.25, 0.3) is 0 Å². The lowest BCUT2D eigenvalue weighted by atomic mass is 9.79. The van der Waals surface area contributed by atoms with Gasteiger partial charge < -0.3 is 10.1 Å². The van der Waals surface area contributed by atoms with E-state index in [9.17, 15) is 0 Å². The predicted molar refractivity (Wildman–Crippen MR) is 87.9 cm³/mol. The summed E-state index contributed by atoms with van der Waals surface area (Å²) in [5, 5.41) is 5.95. The summed E-state index contributed by atoms with van der Waals surface area (Å²) in [6.07, 6.45) is 3.76. The fraction of sp³-hybridized carbons (Fsp3) is 0.444. The molecule has 1 N–H and O–H groups in total. The van der Waals surface area contributed by atoms with E-state index in [2.05, 4.69) is 48.0 Å². The van der Waals surface area contributed by atoms with Crippen LogP contribution >= 0.6 is 11.3 Å². The normalized spacial score (nSPS) is 27.6. The van der Waals surface area contributed by atoms with Gasteiger partial charge in [0.25, 0.3) is 0 Å². The van der Waals surface area contributed by atoms with E-state index in [-0.39, 0.29) is 6.10 Å². The molecular weight excluding hydrogens is 278 g/mol. The molecule has 0 unspecified atom stereocenters. The van der Waals surface area contributed by atoms with E-state index in [0.29, 0.717) is 12.0 Å². The van der Waals surface area contributed by atoms with Gasteiger partial charge in [0.2, 0.25) is 0 Å². The monoisotopic (exact) mass is 299 g/mol. The molecule has 0 spiro atoms. The van der Waals surface area contributed by atoms with Crippen molar-refractivity contribution >= 4 is 17.0 Å². The summed E-state index contributed by atoms with van der Waals surface area (Å²) in [6.45, 7) is 3.11. The van der Waals surface area contributed by atoms with Gasteiger partial charge in [0.15, 0.2) is 0 Å². The van der Waals surface area contributed by atoms with E-state index in [0.717, 1.165) is 13.0 Å². The number of fused-ring (bicyclic) bond motifs is 3. The zero-order valence-electron chi connectivity index (χ0n) is 12.3. The molecule has 0 radical (unpaired) electrons. The number of nitrogens with one attached hydrogen (secondary N) is 1. The molecule has 1 aromatic carbocycles. The van der Waals surface area contributed by atoms with Crippen molar-refractivity contribution in [2.24, 2.45) is 5.92 Å². The zero-order valence-corrected chi connectivity index (χ0v) is 13.2. The molecule has 2 aliphatic heterocycles. The third kappa shape index (κ3) is 2.29. The lowest BCUT2D eigenvalue weighted by Crippen LogP contribution is -2.35. The standard InChI is InChI=1S/C18H21NOS/c1-2-12-7-8-15-14(11-12)18-13(5-3-9-20-18)17(19-15)16-6-4-10-21-16/h4,6-8,10-11,13,17-19H,2-3,5,9H2,1H3/t13-,17+,18-/m1/s1. The number of hydrogen-bond donors (Lipinski definition) is 1. The molecule has 4 rings (SSSR count). The van der Waals surface area contributed by atoms with Gasteiger partial charge in [0.05, 0.1) is 12.1 Å². The average Bonchev–Trinajstić information content (AvgIpc) is 3.08. The number of rotatable bonds is 2. The zero-order chi connectivity index (χ0) is 14.2. The molecule has 3 heterocycles. The summed E-state index contributed by atoms with van der Waals surface area (Å²) in [5.74, 6) is 0.553. The van der Waals surface area contributed by atoms with Gasteiger partial charge in [-0.15, -0.1) is 11.3 Å². The molecular formula is C18H21NOS. The first-order valence-electron chi connectivity index (χ1n) is 7.91. The fourth-order valence-electron chi connectivity index (χ4n) is 3.69.